The summed E-state index contributed by atoms with van der Waals surface area (Å²) in [5.74, 6) is 1.59. The van der Waals surface area contributed by atoms with Crippen molar-refractivity contribution in [2.45, 2.75) is 103 Å². The Balaban J connectivity index is 1.27. The summed E-state index contributed by atoms with van der Waals surface area (Å²) < 4.78 is 30.4. The van der Waals surface area contributed by atoms with E-state index in [0.717, 1.165) is 48.2 Å². The molecule has 2 aliphatic carbocycles. The van der Waals surface area contributed by atoms with Crippen molar-refractivity contribution in [3.05, 3.63) is 47.9 Å². The van der Waals surface area contributed by atoms with E-state index in [2.05, 4.69) is 22.5 Å². The molecule has 248 valence electrons. The number of hydrogen-bond acceptors (Lipinski definition) is 9. The first-order chi connectivity index (χ1) is 21.7. The second-order valence-corrected chi connectivity index (χ2v) is 16.1. The Bertz CT molecular complexity index is 1510. The number of piperazine rings is 1. The van der Waals surface area contributed by atoms with E-state index < -0.39 is 19.0 Å². The van der Waals surface area contributed by atoms with Gasteiger partial charge in [-0.1, -0.05) is 6.58 Å². The van der Waals surface area contributed by atoms with Crippen LogP contribution in [0.3, 0.4) is 0 Å². The molecule has 5 rings (SSSR count). The monoisotopic (exact) mass is 649 g/mol. The van der Waals surface area contributed by atoms with Gasteiger partial charge in [0, 0.05) is 43.7 Å². The molecule has 2 aromatic heterocycles. The highest BCUT2D eigenvalue weighted by atomic mass is 31.2. The van der Waals surface area contributed by atoms with Crippen LogP contribution in [0, 0.1) is 17.2 Å². The first-order valence-electron chi connectivity index (χ1n) is 16.4. The molecule has 3 heterocycles. The first-order valence-corrected chi connectivity index (χ1v) is 17.9. The summed E-state index contributed by atoms with van der Waals surface area (Å²) in [4.78, 5) is 27.3. The van der Waals surface area contributed by atoms with Crippen LogP contribution in [-0.2, 0) is 22.9 Å². The van der Waals surface area contributed by atoms with Crippen LogP contribution in [0.25, 0.3) is 17.2 Å². The maximum Gasteiger partial charge on any atom is 0.475 e. The van der Waals surface area contributed by atoms with Crippen molar-refractivity contribution in [3.8, 4) is 17.2 Å². The van der Waals surface area contributed by atoms with Gasteiger partial charge in [-0.3, -0.25) is 23.3 Å². The summed E-state index contributed by atoms with van der Waals surface area (Å²) in [5.41, 5.74) is 2.88. The Morgan fingerprint density at radius 3 is 2.39 bits per heavy atom. The number of pyridine rings is 2. The van der Waals surface area contributed by atoms with Gasteiger partial charge in [0.15, 0.2) is 0 Å². The predicted molar refractivity (Wildman–Crippen MR) is 179 cm³/mol. The van der Waals surface area contributed by atoms with Crippen molar-refractivity contribution < 1.29 is 22.9 Å². The minimum absolute atomic E-state index is 0.0504. The highest BCUT2D eigenvalue weighted by Gasteiger charge is 2.42. The fraction of sp³-hybridized carbons (Fsp3) is 0.600. The lowest BCUT2D eigenvalue weighted by Crippen LogP contribution is -2.56. The number of hydrogen-bond donors (Lipinski definition) is 0. The third kappa shape index (κ3) is 8.83. The number of phosphoric acid groups is 1. The number of amides is 1. The SMILES string of the molecule is C=Cc1cc(-c2cc(C#N)c(N3CCN(C(=O)CCCOP(=O)(OC(C)(C)C)OC(C)(C)C)[C@H](C4CC4)C3)nc2C2CC2)ccn1. The van der Waals surface area contributed by atoms with E-state index in [-0.39, 0.29) is 25.0 Å². The van der Waals surface area contributed by atoms with E-state index in [1.807, 2.05) is 23.1 Å². The Hall–Kier alpha value is -3.09. The smallest absolute Gasteiger partial charge is 0.352 e. The zero-order valence-corrected chi connectivity index (χ0v) is 29.0. The van der Waals surface area contributed by atoms with E-state index >= 15 is 0 Å². The third-order valence-corrected chi connectivity index (χ3v) is 10.2. The molecule has 1 amide bonds. The van der Waals surface area contributed by atoms with Gasteiger partial charge in [0.25, 0.3) is 0 Å². The summed E-state index contributed by atoms with van der Waals surface area (Å²) in [6, 6.07) is 8.39. The van der Waals surface area contributed by atoms with Crippen molar-refractivity contribution >= 4 is 25.6 Å². The molecule has 3 fully saturated rings. The summed E-state index contributed by atoms with van der Waals surface area (Å²) in [6.45, 7) is 16.5. The Labute approximate surface area is 273 Å². The van der Waals surface area contributed by atoms with Gasteiger partial charge in [0.2, 0.25) is 5.91 Å². The maximum absolute atomic E-state index is 13.5. The lowest BCUT2D eigenvalue weighted by molar-refractivity contribution is -0.134. The van der Waals surface area contributed by atoms with Gasteiger partial charge in [-0.25, -0.2) is 9.55 Å². The highest BCUT2D eigenvalue weighted by molar-refractivity contribution is 7.48. The molecule has 1 aliphatic heterocycles. The standard InChI is InChI=1S/C35H48N5O5P/c1-8-28-20-26(15-16-37-28)29-21-27(22-36)33(38-32(29)25-13-14-25)39-17-18-40(30(23-39)24-11-12-24)31(41)10-9-19-43-46(42,44-34(2,3)4)45-35(5,6)7/h8,15-16,20-21,24-25,30H,1,9-14,17-19,23H2,2-7H3/t30-/m0/s1. The molecule has 0 bridgehead atoms. The summed E-state index contributed by atoms with van der Waals surface area (Å²) >= 11 is 0. The van der Waals surface area contributed by atoms with E-state index in [1.54, 1.807) is 53.8 Å². The molecular formula is C35H48N5O5P. The lowest BCUT2D eigenvalue weighted by Gasteiger charge is -2.42. The molecule has 2 aromatic rings. The van der Waals surface area contributed by atoms with E-state index in [4.69, 9.17) is 18.6 Å². The van der Waals surface area contributed by atoms with Gasteiger partial charge < -0.3 is 9.80 Å². The lowest BCUT2D eigenvalue weighted by atomic mass is 9.98. The number of rotatable bonds is 12. The van der Waals surface area contributed by atoms with Crippen molar-refractivity contribution in [1.82, 2.24) is 14.9 Å². The Kier molecular flexibility index (Phi) is 10.1. The fourth-order valence-corrected chi connectivity index (χ4v) is 7.79. The molecule has 0 spiro atoms. The topological polar surface area (TPSA) is 118 Å². The molecule has 0 unspecified atom stereocenters. The maximum atomic E-state index is 13.5. The molecule has 1 atom stereocenters. The largest absolute Gasteiger partial charge is 0.475 e. The van der Waals surface area contributed by atoms with Gasteiger partial charge in [0.1, 0.15) is 11.9 Å². The average molecular weight is 650 g/mol. The summed E-state index contributed by atoms with van der Waals surface area (Å²) in [7, 11) is -3.83. The van der Waals surface area contributed by atoms with Crippen LogP contribution in [0.1, 0.15) is 103 Å². The zero-order valence-electron chi connectivity index (χ0n) is 28.1. The third-order valence-electron chi connectivity index (χ3n) is 8.18. The predicted octanol–water partition coefficient (Wildman–Crippen LogP) is 7.50. The molecule has 11 heteroatoms. The van der Waals surface area contributed by atoms with Crippen molar-refractivity contribution in [2.24, 2.45) is 5.92 Å². The number of nitrogens with zero attached hydrogens (tertiary/aromatic N) is 5. The van der Waals surface area contributed by atoms with Gasteiger partial charge in [-0.15, -0.1) is 0 Å². The molecular weight excluding hydrogens is 601 g/mol. The molecule has 1 saturated heterocycles. The minimum atomic E-state index is -3.83. The zero-order chi connectivity index (χ0) is 33.3. The highest BCUT2D eigenvalue weighted by Crippen LogP contribution is 2.55. The van der Waals surface area contributed by atoms with Crippen LogP contribution in [0.15, 0.2) is 31.0 Å². The minimum Gasteiger partial charge on any atom is -0.352 e. The van der Waals surface area contributed by atoms with Gasteiger partial charge in [-0.05, 0) is 109 Å². The Morgan fingerprint density at radius 2 is 1.80 bits per heavy atom. The quantitative estimate of drug-likeness (QED) is 0.170. The van der Waals surface area contributed by atoms with Gasteiger partial charge >= 0.3 is 7.82 Å². The number of anilines is 1. The van der Waals surface area contributed by atoms with Crippen LogP contribution in [0.5, 0.6) is 0 Å². The molecule has 3 aliphatic rings. The Morgan fingerprint density at radius 1 is 1.11 bits per heavy atom. The number of aromatic nitrogens is 2. The van der Waals surface area contributed by atoms with E-state index in [0.29, 0.717) is 49.3 Å². The molecule has 0 N–H and O–H groups in total. The second-order valence-electron chi connectivity index (χ2n) is 14.6. The van der Waals surface area contributed by atoms with Crippen molar-refractivity contribution in [2.75, 3.05) is 31.1 Å². The molecule has 0 aromatic carbocycles. The van der Waals surface area contributed by atoms with Crippen molar-refractivity contribution in [1.29, 1.82) is 5.26 Å². The van der Waals surface area contributed by atoms with Gasteiger partial charge in [-0.2, -0.15) is 5.26 Å². The fourth-order valence-electron chi connectivity index (χ4n) is 5.95. The van der Waals surface area contributed by atoms with Crippen LogP contribution in [0.2, 0.25) is 0 Å². The van der Waals surface area contributed by atoms with Crippen molar-refractivity contribution in [3.63, 3.8) is 0 Å². The van der Waals surface area contributed by atoms with Gasteiger partial charge in [0.05, 0.1) is 40.8 Å². The van der Waals surface area contributed by atoms with E-state index in [1.165, 1.54) is 0 Å². The number of carbonyl (C=O) groups is 1. The molecule has 2 saturated carbocycles. The van der Waals surface area contributed by atoms with Crippen LogP contribution < -0.4 is 4.90 Å². The normalized spacial score (nSPS) is 19.2. The number of phosphoric ester groups is 1. The van der Waals surface area contributed by atoms with E-state index in [9.17, 15) is 14.6 Å². The molecule has 46 heavy (non-hydrogen) atoms. The number of carbonyl (C=O) groups excluding carboxylic acids is 1. The van der Waals surface area contributed by atoms with Crippen LogP contribution >= 0.6 is 7.82 Å². The van der Waals surface area contributed by atoms with Crippen LogP contribution in [-0.4, -0.2) is 64.3 Å². The summed E-state index contributed by atoms with van der Waals surface area (Å²) in [5, 5.41) is 10.2. The number of nitriles is 1. The second kappa shape index (κ2) is 13.6. The summed E-state index contributed by atoms with van der Waals surface area (Å²) in [6.07, 6.45) is 8.50. The first kappa shape index (κ1) is 34.3. The molecule has 0 radical (unpaired) electrons. The average Bonchev–Trinajstić information content (AvgIpc) is 3.90. The molecule has 10 nitrogen and oxygen atoms in total. The van der Waals surface area contributed by atoms with Crippen LogP contribution in [0.4, 0.5) is 5.82 Å².